The minimum Gasteiger partial charge on any atom is -0.458 e. The van der Waals surface area contributed by atoms with Gasteiger partial charge in [-0.05, 0) is 50.9 Å². The predicted molar refractivity (Wildman–Crippen MR) is 62.1 cm³/mol. The van der Waals surface area contributed by atoms with E-state index in [2.05, 4.69) is 0 Å². The normalized spacial score (nSPS) is 49.1. The Hall–Kier alpha value is -0.610. The SMILES string of the molecule is CC(N)C(=O)OC12CC3CC(CC(O)(C3)C1)C2. The Kier molecular flexibility index (Phi) is 2.33. The molecule has 4 aliphatic carbocycles. The molecule has 0 heterocycles. The molecule has 0 aliphatic heterocycles. The summed E-state index contributed by atoms with van der Waals surface area (Å²) in [6.45, 7) is 1.65. The Balaban J connectivity index is 1.81. The van der Waals surface area contributed by atoms with Gasteiger partial charge in [0.1, 0.15) is 11.6 Å². The zero-order valence-electron chi connectivity index (χ0n) is 10.3. The van der Waals surface area contributed by atoms with Gasteiger partial charge in [-0.25, -0.2) is 0 Å². The van der Waals surface area contributed by atoms with Crippen molar-refractivity contribution in [2.45, 2.75) is 62.7 Å². The zero-order valence-corrected chi connectivity index (χ0v) is 10.3. The van der Waals surface area contributed by atoms with E-state index in [-0.39, 0.29) is 5.97 Å². The molecule has 3 unspecified atom stereocenters. The Morgan fingerprint density at radius 2 is 1.94 bits per heavy atom. The molecule has 0 aromatic heterocycles. The topological polar surface area (TPSA) is 72.6 Å². The Labute approximate surface area is 102 Å². The van der Waals surface area contributed by atoms with E-state index >= 15 is 0 Å². The van der Waals surface area contributed by atoms with Gasteiger partial charge in [-0.1, -0.05) is 0 Å². The molecule has 4 rings (SSSR count). The van der Waals surface area contributed by atoms with Crippen LogP contribution in [0.3, 0.4) is 0 Å². The fraction of sp³-hybridized carbons (Fsp3) is 0.923. The summed E-state index contributed by atoms with van der Waals surface area (Å²) in [7, 11) is 0. The third-order valence-corrected chi connectivity index (χ3v) is 4.67. The molecule has 4 saturated carbocycles. The highest BCUT2D eigenvalue weighted by molar-refractivity contribution is 5.75. The number of esters is 1. The Bertz CT molecular complexity index is 339. The first-order chi connectivity index (χ1) is 7.90. The number of nitrogens with two attached hydrogens (primary N) is 1. The van der Waals surface area contributed by atoms with Crippen LogP contribution in [0.15, 0.2) is 0 Å². The molecule has 0 amide bonds. The molecule has 4 aliphatic rings. The fourth-order valence-electron chi connectivity index (χ4n) is 4.56. The van der Waals surface area contributed by atoms with Crippen molar-refractivity contribution in [1.29, 1.82) is 0 Å². The number of ether oxygens (including phenoxy) is 1. The van der Waals surface area contributed by atoms with E-state index in [1.165, 1.54) is 6.42 Å². The summed E-state index contributed by atoms with van der Waals surface area (Å²) in [5.74, 6) is 0.736. The van der Waals surface area contributed by atoms with Gasteiger partial charge < -0.3 is 15.6 Å². The molecule has 4 nitrogen and oxygen atoms in total. The van der Waals surface area contributed by atoms with Crippen molar-refractivity contribution in [3.8, 4) is 0 Å². The van der Waals surface area contributed by atoms with Gasteiger partial charge in [0.05, 0.1) is 5.60 Å². The van der Waals surface area contributed by atoms with Crippen molar-refractivity contribution in [1.82, 2.24) is 0 Å². The lowest BCUT2D eigenvalue weighted by Gasteiger charge is -2.59. The predicted octanol–water partition coefficient (Wildman–Crippen LogP) is 0.960. The lowest BCUT2D eigenvalue weighted by molar-refractivity contribution is -0.220. The van der Waals surface area contributed by atoms with Crippen LogP contribution in [0.25, 0.3) is 0 Å². The zero-order chi connectivity index (χ0) is 12.3. The second kappa shape index (κ2) is 3.45. The first-order valence-corrected chi connectivity index (χ1v) is 6.61. The van der Waals surface area contributed by atoms with Gasteiger partial charge in [0.2, 0.25) is 0 Å². The maximum Gasteiger partial charge on any atom is 0.323 e. The van der Waals surface area contributed by atoms with Gasteiger partial charge in [-0.2, -0.15) is 0 Å². The summed E-state index contributed by atoms with van der Waals surface area (Å²) in [5.41, 5.74) is 4.57. The van der Waals surface area contributed by atoms with Crippen molar-refractivity contribution in [2.24, 2.45) is 17.6 Å². The van der Waals surface area contributed by atoms with Crippen molar-refractivity contribution in [3.05, 3.63) is 0 Å². The van der Waals surface area contributed by atoms with E-state index in [4.69, 9.17) is 10.5 Å². The number of hydrogen-bond acceptors (Lipinski definition) is 4. The monoisotopic (exact) mass is 239 g/mol. The van der Waals surface area contributed by atoms with Crippen LogP contribution in [0.4, 0.5) is 0 Å². The number of hydrogen-bond donors (Lipinski definition) is 2. The van der Waals surface area contributed by atoms with E-state index in [1.54, 1.807) is 6.92 Å². The van der Waals surface area contributed by atoms with Gasteiger partial charge in [-0.3, -0.25) is 4.79 Å². The van der Waals surface area contributed by atoms with E-state index in [0.717, 1.165) is 25.7 Å². The Morgan fingerprint density at radius 1 is 1.35 bits per heavy atom. The second-order valence-electron chi connectivity index (χ2n) is 6.58. The largest absolute Gasteiger partial charge is 0.458 e. The summed E-state index contributed by atoms with van der Waals surface area (Å²) in [5, 5.41) is 10.5. The Morgan fingerprint density at radius 3 is 2.41 bits per heavy atom. The smallest absolute Gasteiger partial charge is 0.323 e. The van der Waals surface area contributed by atoms with Crippen LogP contribution in [0, 0.1) is 11.8 Å². The van der Waals surface area contributed by atoms with Gasteiger partial charge in [0, 0.05) is 6.42 Å². The van der Waals surface area contributed by atoms with Crippen molar-refractivity contribution >= 4 is 5.97 Å². The molecule has 0 saturated heterocycles. The number of carbonyl (C=O) groups is 1. The van der Waals surface area contributed by atoms with E-state index in [0.29, 0.717) is 18.3 Å². The van der Waals surface area contributed by atoms with Gasteiger partial charge in [0.25, 0.3) is 0 Å². The average Bonchev–Trinajstić information content (AvgIpc) is 2.11. The summed E-state index contributed by atoms with van der Waals surface area (Å²) >= 11 is 0. The van der Waals surface area contributed by atoms with Crippen LogP contribution in [-0.4, -0.2) is 28.3 Å². The van der Waals surface area contributed by atoms with E-state index in [1.807, 2.05) is 0 Å². The summed E-state index contributed by atoms with van der Waals surface area (Å²) in [6, 6.07) is -0.572. The summed E-state index contributed by atoms with van der Waals surface area (Å²) < 4.78 is 5.65. The molecule has 4 fully saturated rings. The van der Waals surface area contributed by atoms with Crippen LogP contribution < -0.4 is 5.73 Å². The van der Waals surface area contributed by atoms with E-state index < -0.39 is 17.2 Å². The molecule has 0 aromatic rings. The number of rotatable bonds is 2. The molecule has 4 bridgehead atoms. The summed E-state index contributed by atoms with van der Waals surface area (Å²) in [6.07, 6.45) is 5.43. The van der Waals surface area contributed by atoms with Crippen LogP contribution >= 0.6 is 0 Å². The highest BCUT2D eigenvalue weighted by atomic mass is 16.6. The number of carbonyl (C=O) groups excluding carboxylic acids is 1. The van der Waals surface area contributed by atoms with E-state index in [9.17, 15) is 9.90 Å². The molecule has 0 aromatic carbocycles. The van der Waals surface area contributed by atoms with Crippen LogP contribution in [0.2, 0.25) is 0 Å². The van der Waals surface area contributed by atoms with Crippen LogP contribution in [-0.2, 0) is 9.53 Å². The minimum atomic E-state index is -0.581. The lowest BCUT2D eigenvalue weighted by Crippen LogP contribution is -2.61. The highest BCUT2D eigenvalue weighted by Crippen LogP contribution is 2.58. The highest BCUT2D eigenvalue weighted by Gasteiger charge is 2.59. The first-order valence-electron chi connectivity index (χ1n) is 6.61. The number of aliphatic hydroxyl groups is 1. The molecule has 17 heavy (non-hydrogen) atoms. The quantitative estimate of drug-likeness (QED) is 0.704. The molecular formula is C13H21NO3. The minimum absolute atomic E-state index is 0.324. The van der Waals surface area contributed by atoms with Crippen LogP contribution in [0.5, 0.6) is 0 Å². The standard InChI is InChI=1S/C13H21NO3/c1-8(14)11(15)17-13-5-9-2-10(6-13)4-12(16,3-9)7-13/h8-10,16H,2-7,14H2,1H3. The molecule has 0 radical (unpaired) electrons. The molecular weight excluding hydrogens is 218 g/mol. The second-order valence-corrected chi connectivity index (χ2v) is 6.58. The fourth-order valence-corrected chi connectivity index (χ4v) is 4.56. The molecule has 96 valence electrons. The third-order valence-electron chi connectivity index (χ3n) is 4.67. The summed E-state index contributed by atoms with van der Waals surface area (Å²) in [4.78, 5) is 11.7. The molecule has 3 N–H and O–H groups in total. The van der Waals surface area contributed by atoms with Crippen molar-refractivity contribution < 1.29 is 14.6 Å². The molecule has 3 atom stereocenters. The van der Waals surface area contributed by atoms with Gasteiger partial charge in [-0.15, -0.1) is 0 Å². The van der Waals surface area contributed by atoms with Gasteiger partial charge in [0.15, 0.2) is 0 Å². The first kappa shape index (κ1) is 11.5. The average molecular weight is 239 g/mol. The molecule has 4 heteroatoms. The van der Waals surface area contributed by atoms with Gasteiger partial charge >= 0.3 is 5.97 Å². The third kappa shape index (κ3) is 1.87. The van der Waals surface area contributed by atoms with Crippen LogP contribution in [0.1, 0.15) is 45.4 Å². The maximum absolute atomic E-state index is 11.7. The lowest BCUT2D eigenvalue weighted by atomic mass is 9.52. The molecule has 0 spiro atoms. The maximum atomic E-state index is 11.7. The van der Waals surface area contributed by atoms with Crippen molar-refractivity contribution in [2.75, 3.05) is 0 Å². The van der Waals surface area contributed by atoms with Crippen molar-refractivity contribution in [3.63, 3.8) is 0 Å².